The Balaban J connectivity index is 3.19. The lowest BCUT2D eigenvalue weighted by Gasteiger charge is -2.18. The van der Waals surface area contributed by atoms with E-state index in [0.29, 0.717) is 5.92 Å². The Morgan fingerprint density at radius 2 is 1.95 bits per heavy atom. The van der Waals surface area contributed by atoms with Gasteiger partial charge in [-0.15, -0.1) is 0 Å². The molecule has 1 unspecified atom stereocenters. The second-order valence-electron chi connectivity index (χ2n) is 5.33. The van der Waals surface area contributed by atoms with E-state index in [1.165, 1.54) is 0 Å². The normalized spacial score (nSPS) is 12.8. The summed E-state index contributed by atoms with van der Waals surface area (Å²) in [6.07, 6.45) is 2.96. The lowest BCUT2D eigenvalue weighted by molar-refractivity contribution is 0.0874. The van der Waals surface area contributed by atoms with E-state index >= 15 is 0 Å². The van der Waals surface area contributed by atoms with Gasteiger partial charge in [-0.05, 0) is 48.3 Å². The molecule has 1 aromatic rings. The quantitative estimate of drug-likeness (QED) is 0.675. The van der Waals surface area contributed by atoms with Gasteiger partial charge in [0.25, 0.3) is 0 Å². The zero-order valence-corrected chi connectivity index (χ0v) is 15.3. The average Bonchev–Trinajstić information content (AvgIpc) is 2.40. The number of rotatable bonds is 8. The van der Waals surface area contributed by atoms with Gasteiger partial charge >= 0.3 is 0 Å². The summed E-state index contributed by atoms with van der Waals surface area (Å²) in [7, 11) is 1.73. The number of hydrogen-bond acceptors (Lipinski definition) is 4. The van der Waals surface area contributed by atoms with Gasteiger partial charge in [0.15, 0.2) is 5.82 Å². The molecule has 0 radical (unpaired) electrons. The first-order valence-electron chi connectivity index (χ1n) is 7.36. The molecule has 4 nitrogen and oxygen atoms in total. The van der Waals surface area contributed by atoms with Crippen molar-refractivity contribution in [2.75, 3.05) is 19.0 Å². The smallest absolute Gasteiger partial charge is 0.159 e. The van der Waals surface area contributed by atoms with Crippen molar-refractivity contribution in [1.29, 1.82) is 0 Å². The Kier molecular flexibility index (Phi) is 7.72. The van der Waals surface area contributed by atoms with Gasteiger partial charge in [0.1, 0.15) is 11.9 Å². The SMILES string of the molecule is CCCC(OC)c1nc(CC(C)C)c(I)c(NCC)n1. The topological polar surface area (TPSA) is 47.0 Å². The molecule has 1 aromatic heterocycles. The fourth-order valence-electron chi connectivity index (χ4n) is 2.08. The van der Waals surface area contributed by atoms with Crippen LogP contribution in [-0.4, -0.2) is 23.6 Å². The predicted octanol–water partition coefficient (Wildman–Crippen LogP) is 4.20. The summed E-state index contributed by atoms with van der Waals surface area (Å²) in [5.74, 6) is 2.32. The summed E-state index contributed by atoms with van der Waals surface area (Å²) in [5.41, 5.74) is 1.12. The van der Waals surface area contributed by atoms with Crippen LogP contribution < -0.4 is 5.32 Å². The molecular weight excluding hydrogens is 365 g/mol. The molecule has 5 heteroatoms. The highest BCUT2D eigenvalue weighted by atomic mass is 127. The molecule has 114 valence electrons. The highest BCUT2D eigenvalue weighted by Gasteiger charge is 2.18. The fraction of sp³-hybridized carbons (Fsp3) is 0.733. The van der Waals surface area contributed by atoms with Crippen molar-refractivity contribution in [1.82, 2.24) is 9.97 Å². The number of halogens is 1. The third-order valence-corrected chi connectivity index (χ3v) is 4.14. The summed E-state index contributed by atoms with van der Waals surface area (Å²) in [5, 5.41) is 3.34. The van der Waals surface area contributed by atoms with Crippen LogP contribution >= 0.6 is 22.6 Å². The molecule has 0 saturated carbocycles. The van der Waals surface area contributed by atoms with E-state index in [1.807, 2.05) is 0 Å². The maximum Gasteiger partial charge on any atom is 0.159 e. The van der Waals surface area contributed by atoms with Gasteiger partial charge in [-0.3, -0.25) is 0 Å². The van der Waals surface area contributed by atoms with E-state index < -0.39 is 0 Å². The lowest BCUT2D eigenvalue weighted by atomic mass is 10.1. The minimum absolute atomic E-state index is 0.0136. The van der Waals surface area contributed by atoms with Gasteiger partial charge in [-0.25, -0.2) is 9.97 Å². The van der Waals surface area contributed by atoms with Crippen molar-refractivity contribution in [3.63, 3.8) is 0 Å². The number of nitrogens with one attached hydrogen (secondary N) is 1. The summed E-state index contributed by atoms with van der Waals surface area (Å²) >= 11 is 2.34. The molecule has 0 fully saturated rings. The van der Waals surface area contributed by atoms with Gasteiger partial charge in [0.05, 0.1) is 9.26 Å². The molecule has 1 atom stereocenters. The molecule has 1 heterocycles. The molecule has 20 heavy (non-hydrogen) atoms. The van der Waals surface area contributed by atoms with Gasteiger partial charge in [0, 0.05) is 13.7 Å². The molecular formula is C15H26IN3O. The van der Waals surface area contributed by atoms with Crippen LogP contribution in [0.25, 0.3) is 0 Å². The zero-order valence-electron chi connectivity index (χ0n) is 13.2. The zero-order chi connectivity index (χ0) is 15.1. The van der Waals surface area contributed by atoms with E-state index in [2.05, 4.69) is 60.6 Å². The Morgan fingerprint density at radius 3 is 2.45 bits per heavy atom. The van der Waals surface area contributed by atoms with E-state index in [-0.39, 0.29) is 6.10 Å². The molecule has 0 aliphatic carbocycles. The van der Waals surface area contributed by atoms with Crippen molar-refractivity contribution in [2.45, 2.75) is 53.1 Å². The fourth-order valence-corrected chi connectivity index (χ4v) is 2.73. The van der Waals surface area contributed by atoms with E-state index in [9.17, 15) is 0 Å². The van der Waals surface area contributed by atoms with Crippen LogP contribution in [0.15, 0.2) is 0 Å². The number of anilines is 1. The minimum Gasteiger partial charge on any atom is -0.373 e. The number of methoxy groups -OCH3 is 1. The highest BCUT2D eigenvalue weighted by Crippen LogP contribution is 2.26. The molecule has 0 spiro atoms. The molecule has 1 N–H and O–H groups in total. The maximum atomic E-state index is 5.55. The van der Waals surface area contributed by atoms with Gasteiger partial charge < -0.3 is 10.1 Å². The molecule has 0 aromatic carbocycles. The Bertz CT molecular complexity index is 424. The summed E-state index contributed by atoms with van der Waals surface area (Å²) in [4.78, 5) is 9.43. The Labute approximate surface area is 136 Å². The summed E-state index contributed by atoms with van der Waals surface area (Å²) in [6, 6.07) is 0. The molecule has 0 aliphatic rings. The van der Waals surface area contributed by atoms with Crippen molar-refractivity contribution < 1.29 is 4.74 Å². The lowest BCUT2D eigenvalue weighted by Crippen LogP contribution is -2.14. The number of aromatic nitrogens is 2. The molecule has 0 aliphatic heterocycles. The second kappa shape index (κ2) is 8.77. The first-order chi connectivity index (χ1) is 9.53. The Hall–Kier alpha value is -0.430. The summed E-state index contributed by atoms with van der Waals surface area (Å²) in [6.45, 7) is 9.52. The van der Waals surface area contributed by atoms with Crippen LogP contribution in [0.1, 0.15) is 58.2 Å². The van der Waals surface area contributed by atoms with Crippen LogP contribution in [0, 0.1) is 9.49 Å². The van der Waals surface area contributed by atoms with Gasteiger partial charge in [0.2, 0.25) is 0 Å². The minimum atomic E-state index is -0.0136. The van der Waals surface area contributed by atoms with Crippen LogP contribution in [0.3, 0.4) is 0 Å². The number of nitrogens with zero attached hydrogens (tertiary/aromatic N) is 2. The second-order valence-corrected chi connectivity index (χ2v) is 6.41. The van der Waals surface area contributed by atoms with Crippen LogP contribution in [0.5, 0.6) is 0 Å². The molecule has 1 rings (SSSR count). The van der Waals surface area contributed by atoms with Crippen LogP contribution in [0.4, 0.5) is 5.82 Å². The molecule has 0 amide bonds. The van der Waals surface area contributed by atoms with Crippen molar-refractivity contribution in [3.8, 4) is 0 Å². The monoisotopic (exact) mass is 391 g/mol. The van der Waals surface area contributed by atoms with Crippen molar-refractivity contribution in [2.24, 2.45) is 5.92 Å². The van der Waals surface area contributed by atoms with Crippen LogP contribution in [0.2, 0.25) is 0 Å². The third kappa shape index (κ3) is 4.84. The number of ether oxygens (including phenoxy) is 1. The van der Waals surface area contributed by atoms with Crippen molar-refractivity contribution >= 4 is 28.4 Å². The van der Waals surface area contributed by atoms with E-state index in [4.69, 9.17) is 9.72 Å². The van der Waals surface area contributed by atoms with Crippen LogP contribution in [-0.2, 0) is 11.2 Å². The number of hydrogen-bond donors (Lipinski definition) is 1. The largest absolute Gasteiger partial charge is 0.373 e. The van der Waals surface area contributed by atoms with Crippen molar-refractivity contribution in [3.05, 3.63) is 15.1 Å². The third-order valence-electron chi connectivity index (χ3n) is 3.01. The van der Waals surface area contributed by atoms with Gasteiger partial charge in [-0.1, -0.05) is 27.2 Å². The maximum absolute atomic E-state index is 5.55. The average molecular weight is 391 g/mol. The molecule has 0 bridgehead atoms. The summed E-state index contributed by atoms with van der Waals surface area (Å²) < 4.78 is 6.69. The first-order valence-corrected chi connectivity index (χ1v) is 8.44. The van der Waals surface area contributed by atoms with Gasteiger partial charge in [-0.2, -0.15) is 0 Å². The molecule has 0 saturated heterocycles. The van der Waals surface area contributed by atoms with E-state index in [1.54, 1.807) is 7.11 Å². The predicted molar refractivity (Wildman–Crippen MR) is 92.1 cm³/mol. The highest BCUT2D eigenvalue weighted by molar-refractivity contribution is 14.1. The first kappa shape index (κ1) is 17.6. The van der Waals surface area contributed by atoms with E-state index in [0.717, 1.165) is 46.7 Å². The standard InChI is InChI=1S/C15H26IN3O/c1-6-8-12(20-5)14-18-11(9-10(3)4)13(16)15(19-14)17-7-2/h10,12H,6-9H2,1-5H3,(H,17,18,19). The Morgan fingerprint density at radius 1 is 1.25 bits per heavy atom.